The standard InChI is InChI=1S/C61H72N2O7/c1-4-35-67-61-57(63(58(66)32-28-44-17-8-9-18-44)40-48-24-16-23-46-21-10-11-25-51(46)48)39-55(62-68-41-45-19-6-5-7-20-45)53-37-47(22-12-14-33-64)52(26-13-15-34-65)59(60(53)61)54-38-50(30-31-56(54)70-61)69-49-29-27-42(2)43(3)36-49/h4-7,10-11,16,19-21,23-25,27,29-31,36-38,44,47,52,57,59-60,64-65H,1,8-9,12-15,17-18,22,26,28,32-35,39-41H2,2-3H3. The Balaban J connectivity index is 1.25. The zero-order valence-corrected chi connectivity index (χ0v) is 41.3. The first-order valence-electron chi connectivity index (χ1n) is 26.1. The van der Waals surface area contributed by atoms with Crippen molar-refractivity contribution in [3.8, 4) is 17.2 Å². The first-order chi connectivity index (χ1) is 34.3. The highest BCUT2D eigenvalue weighted by molar-refractivity contribution is 6.03. The van der Waals surface area contributed by atoms with Gasteiger partial charge < -0.3 is 34.2 Å². The molecule has 1 amide bonds. The molecule has 0 radical (unpaired) electrons. The number of oxime groups is 1. The largest absolute Gasteiger partial charge is 0.459 e. The fraction of sp³-hybridized carbons (Fsp3) is 0.443. The number of rotatable bonds is 22. The van der Waals surface area contributed by atoms with Crippen molar-refractivity contribution in [2.24, 2.45) is 28.8 Å². The van der Waals surface area contributed by atoms with Crippen LogP contribution in [0.4, 0.5) is 0 Å². The minimum atomic E-state index is -1.37. The minimum absolute atomic E-state index is 0.0728. The van der Waals surface area contributed by atoms with Gasteiger partial charge in [-0.3, -0.25) is 4.79 Å². The monoisotopic (exact) mass is 945 g/mol. The fourth-order valence-electron chi connectivity index (χ4n) is 12.1. The number of allylic oxidation sites excluding steroid dienone is 1. The van der Waals surface area contributed by atoms with E-state index in [1.807, 2.05) is 48.5 Å². The van der Waals surface area contributed by atoms with Crippen molar-refractivity contribution in [2.45, 2.75) is 128 Å². The van der Waals surface area contributed by atoms with E-state index in [2.05, 4.69) is 92.1 Å². The average molecular weight is 945 g/mol. The van der Waals surface area contributed by atoms with Gasteiger partial charge in [0.2, 0.25) is 11.7 Å². The summed E-state index contributed by atoms with van der Waals surface area (Å²) in [7, 11) is 0. The maximum absolute atomic E-state index is 15.6. The fourth-order valence-corrected chi connectivity index (χ4v) is 12.1. The van der Waals surface area contributed by atoms with Crippen LogP contribution in [0.25, 0.3) is 10.8 Å². The first kappa shape index (κ1) is 49.2. The normalized spacial score (nSPS) is 23.3. The number of carbonyl (C=O) groups is 1. The molecule has 0 spiro atoms. The molecule has 2 N–H and O–H groups in total. The maximum Gasteiger partial charge on any atom is 0.239 e. The molecule has 0 aromatic heterocycles. The van der Waals surface area contributed by atoms with Crippen LogP contribution in [-0.4, -0.2) is 58.4 Å². The highest BCUT2D eigenvalue weighted by Gasteiger charge is 2.65. The summed E-state index contributed by atoms with van der Waals surface area (Å²) in [4.78, 5) is 24.1. The van der Waals surface area contributed by atoms with Crippen molar-refractivity contribution >= 4 is 22.4 Å². The van der Waals surface area contributed by atoms with E-state index in [1.54, 1.807) is 6.08 Å². The molecule has 0 bridgehead atoms. The van der Waals surface area contributed by atoms with Crippen molar-refractivity contribution in [2.75, 3.05) is 19.8 Å². The van der Waals surface area contributed by atoms with Crippen molar-refractivity contribution in [1.82, 2.24) is 4.90 Å². The Labute approximate surface area is 415 Å². The number of fused-ring (bicyclic) bond motifs is 3. The lowest BCUT2D eigenvalue weighted by Gasteiger charge is -2.60. The van der Waals surface area contributed by atoms with Crippen LogP contribution < -0.4 is 9.47 Å². The van der Waals surface area contributed by atoms with Gasteiger partial charge in [-0.1, -0.05) is 135 Å². The SMILES string of the molecule is C=CCOC12Oc3ccc(Oc4ccc(C)c(C)c4)cc3C3C(CCCCO)C(CCCCO)C=C(C(=NOCc4ccccc4)CC1N(Cc1cccc4ccccc14)C(=O)CCC1CCCC1)C32. The molecular weight excluding hydrogens is 873 g/mol. The summed E-state index contributed by atoms with van der Waals surface area (Å²) in [6.07, 6.45) is 15.3. The molecule has 2 saturated carbocycles. The zero-order chi connectivity index (χ0) is 48.5. The molecular formula is C61H72N2O7. The molecule has 5 aromatic carbocycles. The molecule has 9 rings (SSSR count). The third kappa shape index (κ3) is 10.8. The lowest BCUT2D eigenvalue weighted by atomic mass is 9.55. The van der Waals surface area contributed by atoms with Crippen LogP contribution in [0.5, 0.6) is 17.2 Å². The molecule has 5 aromatic rings. The number of unbranched alkanes of at least 4 members (excludes halogenated alkanes) is 2. The second kappa shape index (κ2) is 23.0. The lowest BCUT2D eigenvalue weighted by Crippen LogP contribution is -2.70. The summed E-state index contributed by atoms with van der Waals surface area (Å²) in [6, 6.07) is 36.6. The Morgan fingerprint density at radius 2 is 1.59 bits per heavy atom. The van der Waals surface area contributed by atoms with E-state index < -0.39 is 17.7 Å². The van der Waals surface area contributed by atoms with E-state index in [-0.39, 0.29) is 50.1 Å². The summed E-state index contributed by atoms with van der Waals surface area (Å²) in [5, 5.41) is 27.6. The van der Waals surface area contributed by atoms with Crippen LogP contribution in [0.15, 0.2) is 139 Å². The summed E-state index contributed by atoms with van der Waals surface area (Å²) < 4.78 is 21.7. The predicted octanol–water partition coefficient (Wildman–Crippen LogP) is 13.1. The van der Waals surface area contributed by atoms with Gasteiger partial charge in [-0.2, -0.15) is 0 Å². The van der Waals surface area contributed by atoms with Gasteiger partial charge in [-0.05, 0) is 133 Å². The lowest BCUT2D eigenvalue weighted by molar-refractivity contribution is -0.258. The molecule has 368 valence electrons. The van der Waals surface area contributed by atoms with Gasteiger partial charge in [0, 0.05) is 44.1 Å². The number of hydrogen-bond acceptors (Lipinski definition) is 8. The highest BCUT2D eigenvalue weighted by Crippen LogP contribution is 2.62. The van der Waals surface area contributed by atoms with Gasteiger partial charge in [-0.15, -0.1) is 6.58 Å². The van der Waals surface area contributed by atoms with E-state index in [0.29, 0.717) is 49.6 Å². The molecule has 3 aliphatic carbocycles. The van der Waals surface area contributed by atoms with Crippen LogP contribution in [0.1, 0.15) is 117 Å². The second-order valence-electron chi connectivity index (χ2n) is 20.2. The number of hydrogen-bond donors (Lipinski definition) is 2. The summed E-state index contributed by atoms with van der Waals surface area (Å²) in [6.45, 7) is 9.44. The molecule has 9 heteroatoms. The van der Waals surface area contributed by atoms with Crippen molar-refractivity contribution in [3.63, 3.8) is 0 Å². The molecule has 2 fully saturated rings. The number of ether oxygens (including phenoxy) is 3. The van der Waals surface area contributed by atoms with Crippen LogP contribution in [-0.2, 0) is 27.5 Å². The third-order valence-electron chi connectivity index (χ3n) is 15.8. The van der Waals surface area contributed by atoms with E-state index in [4.69, 9.17) is 24.2 Å². The molecule has 1 aliphatic heterocycles. The molecule has 6 unspecified atom stereocenters. The number of benzene rings is 5. The quantitative estimate of drug-likeness (QED) is 0.0404. The Hall–Kier alpha value is -5.74. The van der Waals surface area contributed by atoms with Crippen molar-refractivity contribution in [1.29, 1.82) is 0 Å². The summed E-state index contributed by atoms with van der Waals surface area (Å²) >= 11 is 0. The van der Waals surface area contributed by atoms with Crippen LogP contribution in [0.3, 0.4) is 0 Å². The number of nitrogens with zero attached hydrogens (tertiary/aromatic N) is 2. The van der Waals surface area contributed by atoms with E-state index in [0.717, 1.165) is 95.0 Å². The Bertz CT molecular complexity index is 2630. The van der Waals surface area contributed by atoms with E-state index in [1.165, 1.54) is 18.4 Å². The van der Waals surface area contributed by atoms with E-state index >= 15 is 4.79 Å². The number of aliphatic hydroxyl groups excluding tert-OH is 2. The van der Waals surface area contributed by atoms with Gasteiger partial charge in [-0.25, -0.2) is 0 Å². The first-order valence-corrected chi connectivity index (χ1v) is 26.1. The number of amides is 1. The van der Waals surface area contributed by atoms with Crippen molar-refractivity contribution in [3.05, 3.63) is 161 Å². The Morgan fingerprint density at radius 1 is 0.843 bits per heavy atom. The average Bonchev–Trinajstić information content (AvgIpc) is 3.91. The summed E-state index contributed by atoms with van der Waals surface area (Å²) in [5.74, 6) is 0.983. The molecule has 9 nitrogen and oxygen atoms in total. The van der Waals surface area contributed by atoms with Gasteiger partial charge in [0.05, 0.1) is 18.2 Å². The van der Waals surface area contributed by atoms with Gasteiger partial charge in [0.1, 0.15) is 29.9 Å². The Morgan fingerprint density at radius 3 is 2.37 bits per heavy atom. The molecule has 1 heterocycles. The minimum Gasteiger partial charge on any atom is -0.459 e. The molecule has 0 saturated heterocycles. The Kier molecular flexibility index (Phi) is 16.2. The molecule has 70 heavy (non-hydrogen) atoms. The van der Waals surface area contributed by atoms with E-state index in [9.17, 15) is 10.2 Å². The summed E-state index contributed by atoms with van der Waals surface area (Å²) in [5.41, 5.74) is 7.24. The van der Waals surface area contributed by atoms with Crippen molar-refractivity contribution < 1.29 is 34.1 Å². The number of carbonyl (C=O) groups excluding carboxylic acids is 1. The predicted molar refractivity (Wildman–Crippen MR) is 278 cm³/mol. The second-order valence-corrected chi connectivity index (χ2v) is 20.2. The maximum atomic E-state index is 15.6. The van der Waals surface area contributed by atoms with Crippen LogP contribution >= 0.6 is 0 Å². The van der Waals surface area contributed by atoms with Gasteiger partial charge in [0.15, 0.2) is 0 Å². The molecule has 4 aliphatic rings. The number of aliphatic hydroxyl groups is 2. The number of aryl methyl sites for hydroxylation is 2. The van der Waals surface area contributed by atoms with Crippen LogP contribution in [0.2, 0.25) is 0 Å². The van der Waals surface area contributed by atoms with Gasteiger partial charge in [0.25, 0.3) is 0 Å². The highest BCUT2D eigenvalue weighted by atomic mass is 16.7. The smallest absolute Gasteiger partial charge is 0.239 e. The van der Waals surface area contributed by atoms with Crippen LogP contribution in [0, 0.1) is 37.5 Å². The molecule has 6 atom stereocenters. The topological polar surface area (TPSA) is 110 Å². The van der Waals surface area contributed by atoms with Gasteiger partial charge >= 0.3 is 0 Å². The zero-order valence-electron chi connectivity index (χ0n) is 41.3. The third-order valence-corrected chi connectivity index (χ3v) is 15.8.